The first kappa shape index (κ1) is 74.9. The van der Waals surface area contributed by atoms with Crippen LogP contribution < -0.4 is 0 Å². The Morgan fingerprint density at radius 2 is 0.628 bits per heavy atom. The number of hydrogen-bond donors (Lipinski definition) is 0. The van der Waals surface area contributed by atoms with Crippen LogP contribution in [-0.4, -0.2) is 16.1 Å². The van der Waals surface area contributed by atoms with Crippen LogP contribution in [0.3, 0.4) is 0 Å². The third kappa shape index (κ3) is 16.3. The molecular weight excluding hydrogens is 1320 g/mol. The second kappa shape index (κ2) is 32.1. The van der Waals surface area contributed by atoms with Gasteiger partial charge in [0.05, 0.1) is 16.1 Å². The Kier molecular flexibility index (Phi) is 28.0. The first-order chi connectivity index (χ1) is 39.1. The van der Waals surface area contributed by atoms with E-state index in [1.54, 1.807) is 11.1 Å². The zero-order valence-electron chi connectivity index (χ0n) is 55.1. The Hall–Kier alpha value is -1.84. The third-order valence-electron chi connectivity index (χ3n) is 21.9. The first-order valence-electron chi connectivity index (χ1n) is 30.9. The van der Waals surface area contributed by atoms with Gasteiger partial charge in [0.2, 0.25) is 0 Å². The molecule has 0 amide bonds. The molecule has 0 aliphatic heterocycles. The summed E-state index contributed by atoms with van der Waals surface area (Å²) in [5.74, 6) is 8.23. The molecule has 16 unspecified atom stereocenters. The molecule has 4 saturated carbocycles. The van der Waals surface area contributed by atoms with Crippen LogP contribution in [0.2, 0.25) is 48.4 Å². The monoisotopic (exact) mass is 1420 g/mol. The topological polar surface area (TPSA) is 0 Å². The Morgan fingerprint density at radius 1 is 0.360 bits per heavy atom. The van der Waals surface area contributed by atoms with Gasteiger partial charge in [-0.15, -0.1) is 0 Å². The Morgan fingerprint density at radius 3 is 0.930 bits per heavy atom. The molecule has 8 heteroatoms. The van der Waals surface area contributed by atoms with E-state index in [2.05, 4.69) is 276 Å². The van der Waals surface area contributed by atoms with Crippen LogP contribution in [0.25, 0.3) is 11.1 Å². The van der Waals surface area contributed by atoms with Gasteiger partial charge in [-0.25, -0.2) is 0 Å². The van der Waals surface area contributed by atoms with Gasteiger partial charge in [0, 0.05) is 0 Å². The van der Waals surface area contributed by atoms with Crippen LogP contribution >= 0.6 is 34.1 Å². The Bertz CT molecular complexity index is 2820. The van der Waals surface area contributed by atoms with E-state index in [9.17, 15) is 0 Å². The SMILES string of the molecule is CC(C)(C)C1=CC2C(c3ccccc3)CC([Si](C)(C)C3CC(c4ccccc4)C4C=C(C(C)(C)C)C=CC43)C2C=C1.CC1CC([Si](C)(C)C2CC(C)C3C=C(c4ccccc4)C=CC32)C2C=CC(c3ccccc3)=CC12.[CH3-].[CH3-].[CH3-].[CH3-].[Cl][Zr+2][Cl].[Cl][Zr+2][Cl]. The van der Waals surface area contributed by atoms with Gasteiger partial charge in [0.1, 0.15) is 0 Å². The molecule has 0 saturated heterocycles. The van der Waals surface area contributed by atoms with Crippen molar-refractivity contribution in [2.24, 2.45) is 70.0 Å². The van der Waals surface area contributed by atoms with Crippen LogP contribution in [0.15, 0.2) is 205 Å². The maximum absolute atomic E-state index is 4.93. The first-order valence-corrected chi connectivity index (χ1v) is 49.8. The zero-order valence-corrected chi connectivity index (χ0v) is 65.0. The van der Waals surface area contributed by atoms with Crippen LogP contribution in [0.4, 0.5) is 0 Å². The summed E-state index contributed by atoms with van der Waals surface area (Å²) in [5, 5.41) is 0. The molecule has 460 valence electrons. The summed E-state index contributed by atoms with van der Waals surface area (Å²) in [6.45, 7) is 30.4. The molecule has 86 heavy (non-hydrogen) atoms. The fourth-order valence-corrected chi connectivity index (χ4v) is 27.5. The predicted octanol–water partition coefficient (Wildman–Crippen LogP) is 25.2. The van der Waals surface area contributed by atoms with Crippen molar-refractivity contribution in [3.05, 3.63) is 257 Å². The Labute approximate surface area is 565 Å². The molecule has 0 N–H and O–H groups in total. The molecule has 0 aromatic heterocycles. The van der Waals surface area contributed by atoms with Gasteiger partial charge in [-0.1, -0.05) is 276 Å². The molecule has 4 aromatic rings. The summed E-state index contributed by atoms with van der Waals surface area (Å²) in [5.41, 5.74) is 15.5. The van der Waals surface area contributed by atoms with Crippen molar-refractivity contribution in [3.63, 3.8) is 0 Å². The minimum atomic E-state index is -1.70. The van der Waals surface area contributed by atoms with Gasteiger partial charge < -0.3 is 29.7 Å². The Balaban J connectivity index is 0.000000278. The average Bonchev–Trinajstić information content (AvgIpc) is 1.61. The molecule has 16 atom stereocenters. The molecule has 0 bridgehead atoms. The van der Waals surface area contributed by atoms with Crippen molar-refractivity contribution in [1.82, 2.24) is 0 Å². The number of hydrogen-bond acceptors (Lipinski definition) is 0. The molecule has 0 heterocycles. The van der Waals surface area contributed by atoms with E-state index in [0.717, 1.165) is 45.8 Å². The fourth-order valence-electron chi connectivity index (χ4n) is 17.5. The van der Waals surface area contributed by atoms with E-state index in [1.165, 1.54) is 59.1 Å². The van der Waals surface area contributed by atoms with Crippen molar-refractivity contribution in [3.8, 4) is 0 Å². The molecule has 8 aliphatic rings. The van der Waals surface area contributed by atoms with Gasteiger partial charge in [-0.3, -0.25) is 0 Å². The van der Waals surface area contributed by atoms with Crippen LogP contribution in [0.5, 0.6) is 0 Å². The van der Waals surface area contributed by atoms with E-state index in [-0.39, 0.29) is 40.5 Å². The minimum absolute atomic E-state index is 0. The molecule has 0 spiro atoms. The van der Waals surface area contributed by atoms with E-state index in [1.807, 2.05) is 0 Å². The van der Waals surface area contributed by atoms with Gasteiger partial charge >= 0.3 is 75.7 Å². The second-order valence-electron chi connectivity index (χ2n) is 28.9. The summed E-state index contributed by atoms with van der Waals surface area (Å²) < 4.78 is 0. The van der Waals surface area contributed by atoms with E-state index >= 15 is 0 Å². The van der Waals surface area contributed by atoms with Crippen LogP contribution in [-0.2, 0) is 41.7 Å². The van der Waals surface area contributed by atoms with E-state index in [0.29, 0.717) is 47.3 Å². The van der Waals surface area contributed by atoms with Crippen LogP contribution in [0.1, 0.15) is 115 Å². The summed E-state index contributed by atoms with van der Waals surface area (Å²) in [6, 6.07) is 45.0. The summed E-state index contributed by atoms with van der Waals surface area (Å²) in [4.78, 5) is 0. The molecule has 12 rings (SSSR count). The third-order valence-corrected chi connectivity index (χ3v) is 32.0. The number of halogens is 4. The molecule has 8 aliphatic carbocycles. The second-order valence-corrected chi connectivity index (χ2v) is 46.6. The summed E-state index contributed by atoms with van der Waals surface area (Å²) in [7, 11) is 16.5. The quantitative estimate of drug-likeness (QED) is 0.122. The summed E-state index contributed by atoms with van der Waals surface area (Å²) >= 11 is -1.65. The fraction of sp³-hybridized carbons (Fsp3) is 0.436. The van der Waals surface area contributed by atoms with Crippen molar-refractivity contribution < 1.29 is 41.7 Å². The van der Waals surface area contributed by atoms with Crippen molar-refractivity contribution in [2.75, 3.05) is 0 Å². The summed E-state index contributed by atoms with van der Waals surface area (Å²) in [6.07, 6.45) is 36.7. The molecule has 4 aromatic carbocycles. The van der Waals surface area contributed by atoms with Gasteiger partial charge in [-0.05, 0) is 174 Å². The standard InChI is InChI=1S/C40H52Si.C34H40Si.4CH3.4ClH.2Zr/c1-39(2,3)29-19-21-31-35(23-29)33(27-15-11-9-12-16-27)25-37(31)41(7,8)38-26-34(28-17-13-10-14-18-28)36-24-30(40(4,5)6)20-22-32(36)38;1-23-19-33(29-17-15-27(21-31(23)29)25-11-7-5-8-12-25)35(3,4)34-20-24(2)32-22-28(16-18-30(32)34)26-13-9-6-10-14-26;;;;;;;;;;/h9-24,31-38H,25-26H2,1-8H3;5-18,21-24,29-34H,19-20H2,1-4H3;4*1H3;4*1H;;/q;;4*-1;;;;;2*+4/p-4. The number of rotatable bonds is 8. The van der Waals surface area contributed by atoms with Crippen LogP contribution in [0, 0.1) is 99.7 Å². The molecule has 4 fully saturated rings. The van der Waals surface area contributed by atoms with Crippen molar-refractivity contribution in [1.29, 1.82) is 0 Å². The van der Waals surface area contributed by atoms with Gasteiger partial charge in [0.25, 0.3) is 0 Å². The van der Waals surface area contributed by atoms with Gasteiger partial charge in [0.15, 0.2) is 0 Å². The molecule has 0 radical (unpaired) electrons. The molecular formula is C78H104Cl4Si2Zr2. The number of benzene rings is 4. The van der Waals surface area contributed by atoms with E-state index < -0.39 is 57.8 Å². The van der Waals surface area contributed by atoms with Gasteiger partial charge in [-0.2, -0.15) is 0 Å². The average molecular weight is 1420 g/mol. The predicted molar refractivity (Wildman–Crippen MR) is 383 cm³/mol. The van der Waals surface area contributed by atoms with Crippen molar-refractivity contribution >= 4 is 61.3 Å². The van der Waals surface area contributed by atoms with Crippen molar-refractivity contribution in [2.45, 2.75) is 141 Å². The number of allylic oxidation sites excluding steroid dienone is 16. The zero-order chi connectivity index (χ0) is 58.7. The maximum atomic E-state index is 4.93. The normalized spacial score (nSPS) is 30.7. The van der Waals surface area contributed by atoms with E-state index in [4.69, 9.17) is 34.1 Å². The molecule has 0 nitrogen and oxygen atoms in total. The number of fused-ring (bicyclic) bond motifs is 4.